The van der Waals surface area contributed by atoms with Crippen LogP contribution in [0.2, 0.25) is 0 Å². The first-order valence-corrected chi connectivity index (χ1v) is 22.8. The first-order chi connectivity index (χ1) is 31.2. The number of hydrogen-bond donors (Lipinski definition) is 2. The van der Waals surface area contributed by atoms with Gasteiger partial charge in [-0.3, -0.25) is 14.8 Å². The third-order valence-corrected chi connectivity index (χ3v) is 13.9. The number of alkyl carbamates (subject to hydrolysis) is 2. The number of hydrogen-bond acceptors (Lipinski definition) is 10. The molecular formula is C50H58F2N6O7. The zero-order chi connectivity index (χ0) is 45.8. The molecule has 1 aliphatic carbocycles. The monoisotopic (exact) mass is 892 g/mol. The second-order valence-electron chi connectivity index (χ2n) is 18.9. The number of likely N-dealkylation sites (tertiary alicyclic amines) is 2. The Kier molecular flexibility index (Phi) is 12.1. The van der Waals surface area contributed by atoms with Gasteiger partial charge in [0.05, 0.1) is 38.9 Å². The third-order valence-electron chi connectivity index (χ3n) is 13.9. The average molecular weight is 893 g/mol. The minimum Gasteiger partial charge on any atom is -0.488 e. The maximum atomic E-state index is 15.1. The summed E-state index contributed by atoms with van der Waals surface area (Å²) in [5.41, 5.74) is 10.4. The first-order valence-electron chi connectivity index (χ1n) is 22.8. The van der Waals surface area contributed by atoms with Crippen LogP contribution in [0, 0.1) is 17.8 Å². The van der Waals surface area contributed by atoms with Crippen molar-refractivity contribution >= 4 is 51.8 Å². The lowest BCUT2D eigenvalue weighted by Gasteiger charge is -2.36. The van der Waals surface area contributed by atoms with Crippen molar-refractivity contribution in [2.45, 2.75) is 109 Å². The second kappa shape index (κ2) is 17.8. The van der Waals surface area contributed by atoms with Crippen LogP contribution in [-0.2, 0) is 14.3 Å². The fraction of sp³-hybridized carbons (Fsp3) is 0.500. The molecule has 0 radical (unpaired) electrons. The van der Waals surface area contributed by atoms with E-state index in [4.69, 9.17) is 28.9 Å². The second-order valence-corrected chi connectivity index (χ2v) is 18.9. The number of carbonyl (C=O) groups is 3. The van der Waals surface area contributed by atoms with Gasteiger partial charge < -0.3 is 39.4 Å². The van der Waals surface area contributed by atoms with Crippen LogP contribution in [0.25, 0.3) is 22.3 Å². The quantitative estimate of drug-likeness (QED) is 0.218. The fourth-order valence-corrected chi connectivity index (χ4v) is 10.3. The van der Waals surface area contributed by atoms with Gasteiger partial charge in [-0.05, 0) is 59.1 Å². The molecule has 2 aromatic carbocycles. The van der Waals surface area contributed by atoms with Crippen LogP contribution in [0.15, 0.2) is 71.1 Å². The molecule has 2 N–H and O–H groups in total. The Morgan fingerprint density at radius 1 is 0.769 bits per heavy atom. The van der Waals surface area contributed by atoms with Crippen molar-refractivity contribution in [2.24, 2.45) is 27.7 Å². The number of amides is 3. The number of carbonyl (C=O) groups excluding carboxylic acids is 3. The number of allylic oxidation sites excluding steroid dienone is 2. The molecule has 1 saturated carbocycles. The molecule has 3 amide bonds. The minimum atomic E-state index is -1.20. The van der Waals surface area contributed by atoms with Crippen molar-refractivity contribution < 1.29 is 42.1 Å². The van der Waals surface area contributed by atoms with Gasteiger partial charge in [0.1, 0.15) is 42.6 Å². The van der Waals surface area contributed by atoms with Gasteiger partial charge in [-0.1, -0.05) is 58.5 Å². The number of rotatable bonds is 12. The predicted molar refractivity (Wildman–Crippen MR) is 245 cm³/mol. The Balaban J connectivity index is 0.903. The van der Waals surface area contributed by atoms with Gasteiger partial charge in [-0.25, -0.2) is 18.4 Å². The SMILES string of the molecule is C=C([C@@H](NC(=O)OC)C(C)C)N1C[C@H](F)C[C@H]1C1=NC=C(c2ccc3c(c2)OC(C2CC2)C2=C3COc3cc(C4=CN=C([C@@H]5C[C@@H](F)CN5C(=O)[C@@H](NC(=O)OC)C(C)C)C4)ccc32)C1. The number of ether oxygens (including phenoxy) is 4. The van der Waals surface area contributed by atoms with Crippen molar-refractivity contribution in [2.75, 3.05) is 33.9 Å². The Morgan fingerprint density at radius 2 is 1.31 bits per heavy atom. The number of nitrogens with one attached hydrogen (secondary N) is 2. The lowest BCUT2D eigenvalue weighted by Crippen LogP contribution is -2.53. The Bertz CT molecular complexity index is 2460. The Hall–Kier alpha value is -5.99. The zero-order valence-corrected chi connectivity index (χ0v) is 37.9. The summed E-state index contributed by atoms with van der Waals surface area (Å²) in [5, 5.41) is 5.50. The highest BCUT2D eigenvalue weighted by Gasteiger charge is 2.45. The first kappa shape index (κ1) is 44.2. The Morgan fingerprint density at radius 3 is 1.88 bits per heavy atom. The van der Waals surface area contributed by atoms with Crippen LogP contribution in [0.1, 0.15) is 88.5 Å². The van der Waals surface area contributed by atoms with E-state index in [-0.39, 0.29) is 49.4 Å². The molecule has 15 heteroatoms. The van der Waals surface area contributed by atoms with Gasteiger partial charge in [-0.15, -0.1) is 0 Å². The van der Waals surface area contributed by atoms with Crippen LogP contribution in [0.4, 0.5) is 18.4 Å². The van der Waals surface area contributed by atoms with Crippen LogP contribution in [0.3, 0.4) is 0 Å². The molecule has 344 valence electrons. The van der Waals surface area contributed by atoms with Gasteiger partial charge in [0.2, 0.25) is 5.91 Å². The van der Waals surface area contributed by atoms with E-state index in [9.17, 15) is 18.8 Å². The molecule has 1 unspecified atom stereocenters. The molecule has 0 bridgehead atoms. The maximum absolute atomic E-state index is 15.1. The van der Waals surface area contributed by atoms with E-state index in [1.807, 2.05) is 44.9 Å². The summed E-state index contributed by atoms with van der Waals surface area (Å²) in [6, 6.07) is 10.4. The van der Waals surface area contributed by atoms with E-state index in [2.05, 4.69) is 47.5 Å². The highest BCUT2D eigenvalue weighted by atomic mass is 19.1. The smallest absolute Gasteiger partial charge is 0.407 e. The topological polar surface area (TPSA) is 143 Å². The standard InChI is InChI=1S/C50H58F2N6O7/c1-25(2)45(55-49(60)62-6)27(5)57-22-33(51)18-40(57)38-14-32(21-53-38)30-10-12-35-37-24-64-42-16-29(11-13-36(42)44(37)47(28-8-9-28)65-43(35)17-30)31-15-39(54-20-31)41-19-34(52)23-58(41)48(59)46(26(3)4)56-50(61)63-7/h10-13,16-17,20-21,25-26,28,33-34,40-41,45-47H,5,8-9,14-15,18-19,22-24H2,1-4,6-7H3,(H,55,60)(H,56,61)/t33-,34-,40+,41+,45+,46+,47?/m1/s1. The summed E-state index contributed by atoms with van der Waals surface area (Å²) in [5.74, 6) is 1.38. The van der Waals surface area contributed by atoms with Crippen LogP contribution < -0.4 is 20.1 Å². The summed E-state index contributed by atoms with van der Waals surface area (Å²) >= 11 is 0. The number of halogens is 2. The van der Waals surface area contributed by atoms with Gasteiger partial charge >= 0.3 is 12.2 Å². The summed E-state index contributed by atoms with van der Waals surface area (Å²) in [6.45, 7) is 12.4. The van der Waals surface area contributed by atoms with Gasteiger partial charge in [0.15, 0.2) is 0 Å². The largest absolute Gasteiger partial charge is 0.488 e. The molecule has 9 rings (SSSR count). The fourth-order valence-electron chi connectivity index (χ4n) is 10.3. The lowest BCUT2D eigenvalue weighted by molar-refractivity contribution is -0.134. The van der Waals surface area contributed by atoms with E-state index in [0.29, 0.717) is 43.2 Å². The Labute approximate surface area is 378 Å². The number of aliphatic imine (C=N–C) groups is 2. The number of alkyl halides is 2. The summed E-state index contributed by atoms with van der Waals surface area (Å²) < 4.78 is 53.2. The van der Waals surface area contributed by atoms with E-state index in [1.54, 1.807) is 6.20 Å². The normalized spacial score (nSPS) is 25.4. The minimum absolute atomic E-state index is 0.0109. The van der Waals surface area contributed by atoms with Crippen LogP contribution >= 0.6 is 0 Å². The van der Waals surface area contributed by atoms with Crippen LogP contribution in [-0.4, -0.2) is 116 Å². The summed E-state index contributed by atoms with van der Waals surface area (Å²) in [6.07, 6.45) is 3.61. The van der Waals surface area contributed by atoms with Crippen molar-refractivity contribution in [1.82, 2.24) is 20.4 Å². The van der Waals surface area contributed by atoms with Gasteiger partial charge in [0, 0.05) is 89.9 Å². The number of fused-ring (bicyclic) bond motifs is 4. The molecule has 6 heterocycles. The lowest BCUT2D eigenvalue weighted by atomic mass is 9.83. The van der Waals surface area contributed by atoms with E-state index >= 15 is 4.39 Å². The van der Waals surface area contributed by atoms with E-state index in [0.717, 1.165) is 74.6 Å². The van der Waals surface area contributed by atoms with Gasteiger partial charge in [0.25, 0.3) is 0 Å². The van der Waals surface area contributed by atoms with Crippen molar-refractivity contribution in [3.63, 3.8) is 0 Å². The number of benzene rings is 2. The zero-order valence-electron chi connectivity index (χ0n) is 37.9. The van der Waals surface area contributed by atoms with Crippen LogP contribution in [0.5, 0.6) is 11.5 Å². The molecule has 7 atom stereocenters. The van der Waals surface area contributed by atoms with Crippen molar-refractivity contribution in [3.05, 3.63) is 83.3 Å². The average Bonchev–Trinajstić information content (AvgIpc) is 3.62. The molecule has 3 fully saturated rings. The maximum Gasteiger partial charge on any atom is 0.407 e. The van der Waals surface area contributed by atoms with Crippen molar-refractivity contribution in [3.8, 4) is 11.5 Å². The van der Waals surface area contributed by atoms with E-state index < -0.39 is 42.7 Å². The molecule has 0 spiro atoms. The molecule has 6 aliphatic heterocycles. The number of nitrogens with zero attached hydrogens (tertiary/aromatic N) is 4. The summed E-state index contributed by atoms with van der Waals surface area (Å²) in [7, 11) is 2.56. The highest BCUT2D eigenvalue weighted by molar-refractivity contribution is 6.05. The van der Waals surface area contributed by atoms with Crippen molar-refractivity contribution in [1.29, 1.82) is 0 Å². The van der Waals surface area contributed by atoms with Gasteiger partial charge in [-0.2, -0.15) is 0 Å². The molecule has 0 aromatic heterocycles. The molecule has 2 saturated heterocycles. The molecule has 13 nitrogen and oxygen atoms in total. The summed E-state index contributed by atoms with van der Waals surface area (Å²) in [4.78, 5) is 51.0. The molecule has 2 aromatic rings. The van der Waals surface area contributed by atoms with E-state index in [1.165, 1.54) is 19.1 Å². The molecular weight excluding hydrogens is 835 g/mol. The number of methoxy groups -OCH3 is 2. The highest BCUT2D eigenvalue weighted by Crippen LogP contribution is 2.53. The third kappa shape index (κ3) is 8.54. The molecule has 7 aliphatic rings. The predicted octanol–water partition coefficient (Wildman–Crippen LogP) is 8.16. The molecule has 65 heavy (non-hydrogen) atoms.